The van der Waals surface area contributed by atoms with Crippen molar-refractivity contribution in [3.05, 3.63) is 29.8 Å². The van der Waals surface area contributed by atoms with Gasteiger partial charge in [0, 0.05) is 12.5 Å². The van der Waals surface area contributed by atoms with E-state index >= 15 is 0 Å². The van der Waals surface area contributed by atoms with Gasteiger partial charge in [0.25, 0.3) is 5.91 Å². The van der Waals surface area contributed by atoms with Gasteiger partial charge in [0.2, 0.25) is 4.87 Å². The number of benzene rings is 1. The molecule has 0 radical (unpaired) electrons. The van der Waals surface area contributed by atoms with E-state index in [9.17, 15) is 9.59 Å². The first-order valence-electron chi connectivity index (χ1n) is 5.73. The van der Waals surface area contributed by atoms with Crippen LogP contribution in [0, 0.1) is 0 Å². The van der Waals surface area contributed by atoms with Crippen molar-refractivity contribution in [3.8, 4) is 5.75 Å². The Kier molecular flexibility index (Phi) is 3.66. The van der Waals surface area contributed by atoms with Gasteiger partial charge in [0.05, 0.1) is 14.2 Å². The molecule has 0 spiro atoms. The summed E-state index contributed by atoms with van der Waals surface area (Å²) in [5.41, 5.74) is 0.777. The van der Waals surface area contributed by atoms with Crippen molar-refractivity contribution in [2.75, 3.05) is 20.8 Å². The number of hydrogen-bond acceptors (Lipinski definition) is 4. The highest BCUT2D eigenvalue weighted by atomic mass is 35.5. The Hall–Kier alpha value is -1.75. The molecule has 1 aromatic carbocycles. The van der Waals surface area contributed by atoms with Gasteiger partial charge in [-0.3, -0.25) is 4.79 Å². The molecule has 1 amide bonds. The van der Waals surface area contributed by atoms with E-state index in [2.05, 4.69) is 10.1 Å². The highest BCUT2D eigenvalue weighted by Crippen LogP contribution is 2.39. The molecule has 0 saturated carbocycles. The fourth-order valence-corrected chi connectivity index (χ4v) is 2.54. The minimum atomic E-state index is -1.71. The summed E-state index contributed by atoms with van der Waals surface area (Å²) in [6, 6.07) is 7.08. The number of alkyl halides is 1. The summed E-state index contributed by atoms with van der Waals surface area (Å²) in [5.74, 6) is -1.05. The monoisotopic (exact) mass is 283 g/mol. The quantitative estimate of drug-likeness (QED) is 0.512. The fraction of sp³-hybridized carbons (Fsp3) is 0.385. The molecule has 2 atom stereocenters. The van der Waals surface area contributed by atoms with Crippen LogP contribution in [-0.2, 0) is 14.3 Å². The third-order valence-corrected chi connectivity index (χ3v) is 3.87. The fourth-order valence-electron chi connectivity index (χ4n) is 2.19. The maximum atomic E-state index is 11.8. The second kappa shape index (κ2) is 5.09. The number of methoxy groups -OCH3 is 2. The first kappa shape index (κ1) is 13.7. The second-order valence-electron chi connectivity index (χ2n) is 4.24. The van der Waals surface area contributed by atoms with Crippen molar-refractivity contribution >= 4 is 23.5 Å². The molecule has 5 nitrogen and oxygen atoms in total. The lowest BCUT2D eigenvalue weighted by molar-refractivity contribution is -0.147. The van der Waals surface area contributed by atoms with Crippen LogP contribution in [0.15, 0.2) is 24.3 Å². The Morgan fingerprint density at radius 1 is 1.37 bits per heavy atom. The molecule has 2 unspecified atom stereocenters. The van der Waals surface area contributed by atoms with Crippen LogP contribution in [0.3, 0.4) is 0 Å². The molecule has 1 aliphatic rings. The van der Waals surface area contributed by atoms with E-state index in [0.29, 0.717) is 12.3 Å². The summed E-state index contributed by atoms with van der Waals surface area (Å²) >= 11 is 6.23. The molecule has 1 fully saturated rings. The maximum Gasteiger partial charge on any atom is 0.337 e. The predicted molar refractivity (Wildman–Crippen MR) is 69.3 cm³/mol. The molecule has 1 saturated heterocycles. The van der Waals surface area contributed by atoms with Crippen LogP contribution in [0.25, 0.3) is 0 Å². The van der Waals surface area contributed by atoms with Gasteiger partial charge in [-0.05, 0) is 17.7 Å². The van der Waals surface area contributed by atoms with Gasteiger partial charge in [-0.15, -0.1) is 0 Å². The predicted octanol–water partition coefficient (Wildman–Crippen LogP) is 1.06. The van der Waals surface area contributed by atoms with E-state index in [1.165, 1.54) is 7.11 Å². The highest BCUT2D eigenvalue weighted by molar-refractivity contribution is 6.46. The van der Waals surface area contributed by atoms with Gasteiger partial charge in [-0.2, -0.15) is 0 Å². The molecule has 1 N–H and O–H groups in total. The Labute approximate surface area is 115 Å². The number of hydrogen-bond donors (Lipinski definition) is 1. The first-order valence-corrected chi connectivity index (χ1v) is 6.11. The molecule has 6 heteroatoms. The van der Waals surface area contributed by atoms with Crippen LogP contribution in [0.1, 0.15) is 11.5 Å². The minimum absolute atomic E-state index is 0.295. The van der Waals surface area contributed by atoms with Crippen molar-refractivity contribution in [2.45, 2.75) is 10.8 Å². The molecular formula is C13H14ClNO4. The molecule has 1 aromatic rings. The lowest BCUT2D eigenvalue weighted by Gasteiger charge is -2.23. The lowest BCUT2D eigenvalue weighted by Crippen LogP contribution is -2.44. The molecule has 19 heavy (non-hydrogen) atoms. The van der Waals surface area contributed by atoms with Gasteiger partial charge in [-0.25, -0.2) is 4.79 Å². The van der Waals surface area contributed by atoms with E-state index in [-0.39, 0.29) is 0 Å². The number of halogens is 1. The molecule has 0 aromatic heterocycles. The Morgan fingerprint density at radius 2 is 2.00 bits per heavy atom. The molecular weight excluding hydrogens is 270 g/mol. The van der Waals surface area contributed by atoms with Crippen molar-refractivity contribution in [2.24, 2.45) is 0 Å². The van der Waals surface area contributed by atoms with E-state index in [4.69, 9.17) is 16.3 Å². The Balaban J connectivity index is 2.37. The second-order valence-corrected chi connectivity index (χ2v) is 4.84. The number of rotatable bonds is 3. The van der Waals surface area contributed by atoms with Gasteiger partial charge >= 0.3 is 5.97 Å². The summed E-state index contributed by atoms with van der Waals surface area (Å²) in [4.78, 5) is 21.9. The summed E-state index contributed by atoms with van der Waals surface area (Å²) in [7, 11) is 2.78. The zero-order valence-electron chi connectivity index (χ0n) is 10.6. The molecule has 2 rings (SSSR count). The number of carbonyl (C=O) groups excluding carboxylic acids is 2. The van der Waals surface area contributed by atoms with Gasteiger partial charge in [0.1, 0.15) is 5.75 Å². The summed E-state index contributed by atoms with van der Waals surface area (Å²) in [6.07, 6.45) is 0. The Bertz CT molecular complexity index is 502. The summed E-state index contributed by atoms with van der Waals surface area (Å²) < 4.78 is 9.71. The summed E-state index contributed by atoms with van der Waals surface area (Å²) in [5, 5.41) is 2.60. The number of carbonyl (C=O) groups is 2. The largest absolute Gasteiger partial charge is 0.497 e. The standard InChI is InChI=1S/C13H14ClNO4/c1-18-9-5-3-8(4-6-9)10-7-15-11(16)13(10,14)12(17)19-2/h3-6,10H,7H2,1-2H3,(H,15,16). The smallest absolute Gasteiger partial charge is 0.337 e. The van der Waals surface area contributed by atoms with E-state index in [1.54, 1.807) is 31.4 Å². The molecule has 0 aliphatic carbocycles. The molecule has 0 bridgehead atoms. The van der Waals surface area contributed by atoms with Gasteiger partial charge in [0.15, 0.2) is 0 Å². The van der Waals surface area contributed by atoms with Crippen molar-refractivity contribution < 1.29 is 19.1 Å². The van der Waals surface area contributed by atoms with Crippen LogP contribution >= 0.6 is 11.6 Å². The Morgan fingerprint density at radius 3 is 2.53 bits per heavy atom. The maximum absolute atomic E-state index is 11.8. The van der Waals surface area contributed by atoms with Crippen LogP contribution < -0.4 is 10.1 Å². The summed E-state index contributed by atoms with van der Waals surface area (Å²) in [6.45, 7) is 0.295. The number of ether oxygens (including phenoxy) is 2. The third-order valence-electron chi connectivity index (χ3n) is 3.28. The molecule has 1 heterocycles. The van der Waals surface area contributed by atoms with E-state index in [1.807, 2.05) is 0 Å². The van der Waals surface area contributed by atoms with Crippen LogP contribution in [-0.4, -0.2) is 37.5 Å². The number of esters is 1. The SMILES string of the molecule is COC(=O)C1(Cl)C(=O)NCC1c1ccc(OC)cc1. The third kappa shape index (κ3) is 2.14. The molecule has 1 aliphatic heterocycles. The normalized spacial score (nSPS) is 25.8. The van der Waals surface area contributed by atoms with Crippen molar-refractivity contribution in [3.63, 3.8) is 0 Å². The van der Waals surface area contributed by atoms with Gasteiger partial charge < -0.3 is 14.8 Å². The van der Waals surface area contributed by atoms with Crippen LogP contribution in [0.2, 0.25) is 0 Å². The van der Waals surface area contributed by atoms with Crippen molar-refractivity contribution in [1.82, 2.24) is 5.32 Å². The van der Waals surface area contributed by atoms with Crippen molar-refractivity contribution in [1.29, 1.82) is 0 Å². The zero-order valence-corrected chi connectivity index (χ0v) is 11.4. The zero-order chi connectivity index (χ0) is 14.0. The average Bonchev–Trinajstić information content (AvgIpc) is 2.75. The van der Waals surface area contributed by atoms with E-state index in [0.717, 1.165) is 5.56 Å². The lowest BCUT2D eigenvalue weighted by atomic mass is 9.87. The highest BCUT2D eigenvalue weighted by Gasteiger charge is 2.56. The van der Waals surface area contributed by atoms with Gasteiger partial charge in [-0.1, -0.05) is 23.7 Å². The van der Waals surface area contributed by atoms with E-state index < -0.39 is 22.7 Å². The number of amides is 1. The minimum Gasteiger partial charge on any atom is -0.497 e. The average molecular weight is 284 g/mol. The van der Waals surface area contributed by atoms with Crippen LogP contribution in [0.4, 0.5) is 0 Å². The van der Waals surface area contributed by atoms with Crippen LogP contribution in [0.5, 0.6) is 5.75 Å². The first-order chi connectivity index (χ1) is 9.03. The topological polar surface area (TPSA) is 64.6 Å². The molecule has 102 valence electrons. The number of nitrogens with one attached hydrogen (secondary N) is 1.